The molecule has 1 aromatic heterocycles. The van der Waals surface area contributed by atoms with Crippen LogP contribution in [0, 0.1) is 11.8 Å². The first-order valence-electron chi connectivity index (χ1n) is 12.5. The number of hydrogen-bond acceptors (Lipinski definition) is 7. The highest BCUT2D eigenvalue weighted by Crippen LogP contribution is 2.32. The third-order valence-corrected chi connectivity index (χ3v) is 5.99. The Hall–Kier alpha value is -4.13. The van der Waals surface area contributed by atoms with Crippen LogP contribution in [0.1, 0.15) is 36.6 Å². The molecule has 0 bridgehead atoms. The van der Waals surface area contributed by atoms with Crippen molar-refractivity contribution in [3.63, 3.8) is 0 Å². The first-order valence-corrected chi connectivity index (χ1v) is 12.5. The van der Waals surface area contributed by atoms with Gasteiger partial charge in [0.1, 0.15) is 12.4 Å². The van der Waals surface area contributed by atoms with E-state index in [1.807, 2.05) is 47.1 Å². The maximum atomic E-state index is 12.3. The van der Waals surface area contributed by atoms with Crippen molar-refractivity contribution in [2.75, 3.05) is 38.9 Å². The number of likely N-dealkylation sites (N-methyl/N-ethyl adjacent to an activating group) is 1. The van der Waals surface area contributed by atoms with Gasteiger partial charge in [-0.1, -0.05) is 36.1 Å². The van der Waals surface area contributed by atoms with Gasteiger partial charge in [-0.25, -0.2) is 0 Å². The number of aliphatic hydroxyl groups excluding tert-OH is 1. The number of carbonyl (C=O) groups excluding carboxylic acids is 2. The molecule has 0 aliphatic carbocycles. The average molecular weight is 517 g/mol. The molecule has 4 rings (SSSR count). The lowest BCUT2D eigenvalue weighted by atomic mass is 10.0. The molecule has 198 valence electrons. The van der Waals surface area contributed by atoms with Crippen molar-refractivity contribution in [1.82, 2.24) is 14.7 Å². The average Bonchev–Trinajstić information content (AvgIpc) is 3.20. The van der Waals surface area contributed by atoms with Crippen LogP contribution in [0.5, 0.6) is 5.75 Å². The van der Waals surface area contributed by atoms with E-state index in [0.29, 0.717) is 37.4 Å². The van der Waals surface area contributed by atoms with Gasteiger partial charge in [0.15, 0.2) is 6.73 Å². The minimum absolute atomic E-state index is 0.129. The van der Waals surface area contributed by atoms with Gasteiger partial charge in [-0.3, -0.25) is 24.1 Å². The van der Waals surface area contributed by atoms with Gasteiger partial charge >= 0.3 is 5.97 Å². The van der Waals surface area contributed by atoms with E-state index in [-0.39, 0.29) is 25.8 Å². The molecule has 2 heterocycles. The van der Waals surface area contributed by atoms with Crippen LogP contribution in [0.2, 0.25) is 0 Å². The van der Waals surface area contributed by atoms with Crippen LogP contribution in [-0.2, 0) is 27.5 Å². The summed E-state index contributed by atoms with van der Waals surface area (Å²) in [5.41, 5.74) is 5.08. The number of esters is 1. The van der Waals surface area contributed by atoms with Gasteiger partial charge in [-0.05, 0) is 38.7 Å². The molecule has 0 fully saturated rings. The smallest absolute Gasteiger partial charge is 0.321 e. The number of aromatic nitrogens is 2. The zero-order chi connectivity index (χ0) is 27.1. The Balaban J connectivity index is 1.53. The zero-order valence-corrected chi connectivity index (χ0v) is 21.9. The van der Waals surface area contributed by atoms with Crippen LogP contribution >= 0.6 is 0 Å². The molecular formula is C29H32N4O5. The van der Waals surface area contributed by atoms with Crippen LogP contribution in [0.4, 0.5) is 5.69 Å². The van der Waals surface area contributed by atoms with Gasteiger partial charge < -0.3 is 14.6 Å². The quantitative estimate of drug-likeness (QED) is 0.213. The molecule has 9 nitrogen and oxygen atoms in total. The third kappa shape index (κ3) is 6.59. The summed E-state index contributed by atoms with van der Waals surface area (Å²) in [5.74, 6) is 6.31. The molecular weight excluding hydrogens is 484 g/mol. The van der Waals surface area contributed by atoms with E-state index >= 15 is 0 Å². The standard InChI is InChI=1S/C29H32N4O5/c1-21(35)32(20-38-29(36)18-31(2)3)24-13-12-23-17-33-25(19-37-28(23)16-24)15-27(30-33)26-11-7-6-10-22(26)9-5-4-8-14-34/h6-7,10-13,15-16,34H,4,8,14,17-20H2,1-3H3. The number of hydrogen-bond donors (Lipinski definition) is 1. The van der Waals surface area contributed by atoms with Crippen molar-refractivity contribution in [3.05, 3.63) is 65.4 Å². The van der Waals surface area contributed by atoms with Crippen molar-refractivity contribution in [1.29, 1.82) is 0 Å². The number of rotatable bonds is 8. The van der Waals surface area contributed by atoms with Crippen molar-refractivity contribution in [2.24, 2.45) is 0 Å². The monoisotopic (exact) mass is 516 g/mol. The van der Waals surface area contributed by atoms with Crippen molar-refractivity contribution in [3.8, 4) is 28.8 Å². The summed E-state index contributed by atoms with van der Waals surface area (Å²) in [6, 6.07) is 15.4. The second kappa shape index (κ2) is 12.4. The predicted molar refractivity (Wildman–Crippen MR) is 143 cm³/mol. The molecule has 0 spiro atoms. The SMILES string of the molecule is CC(=O)N(COC(=O)CN(C)C)c1ccc2c(c1)OCc1cc(-c3ccccc3C#CCCCO)nn1C2. The van der Waals surface area contributed by atoms with E-state index in [4.69, 9.17) is 19.7 Å². The van der Waals surface area contributed by atoms with Crippen molar-refractivity contribution < 1.29 is 24.2 Å². The number of fused-ring (bicyclic) bond motifs is 2. The molecule has 1 amide bonds. The van der Waals surface area contributed by atoms with Crippen LogP contribution in [-0.4, -0.2) is 65.6 Å². The van der Waals surface area contributed by atoms with Crippen LogP contribution in [0.25, 0.3) is 11.3 Å². The minimum atomic E-state index is -0.411. The highest BCUT2D eigenvalue weighted by molar-refractivity contribution is 5.92. The van der Waals surface area contributed by atoms with E-state index in [0.717, 1.165) is 28.1 Å². The van der Waals surface area contributed by atoms with Gasteiger partial charge in [0, 0.05) is 42.7 Å². The number of aliphatic hydroxyl groups is 1. The molecule has 0 radical (unpaired) electrons. The normalized spacial score (nSPS) is 11.9. The summed E-state index contributed by atoms with van der Waals surface area (Å²) in [7, 11) is 3.55. The number of ether oxygens (including phenoxy) is 2. The number of carbonyl (C=O) groups is 2. The first kappa shape index (κ1) is 26.9. The fourth-order valence-corrected chi connectivity index (χ4v) is 4.06. The summed E-state index contributed by atoms with van der Waals surface area (Å²) >= 11 is 0. The molecule has 0 saturated heterocycles. The summed E-state index contributed by atoms with van der Waals surface area (Å²) in [6.07, 6.45) is 1.29. The number of amides is 1. The number of benzene rings is 2. The summed E-state index contributed by atoms with van der Waals surface area (Å²) in [4.78, 5) is 27.4. The Labute approximate surface area is 222 Å². The van der Waals surface area contributed by atoms with Gasteiger partial charge in [-0.2, -0.15) is 5.10 Å². The molecule has 38 heavy (non-hydrogen) atoms. The summed E-state index contributed by atoms with van der Waals surface area (Å²) in [6.45, 7) is 2.34. The summed E-state index contributed by atoms with van der Waals surface area (Å²) < 4.78 is 13.3. The fraction of sp³-hybridized carbons (Fsp3) is 0.345. The summed E-state index contributed by atoms with van der Waals surface area (Å²) in [5, 5.41) is 13.8. The molecule has 1 aliphatic rings. The highest BCUT2D eigenvalue weighted by atomic mass is 16.5. The van der Waals surface area contributed by atoms with Crippen LogP contribution in [0.15, 0.2) is 48.5 Å². The lowest BCUT2D eigenvalue weighted by Crippen LogP contribution is -2.34. The van der Waals surface area contributed by atoms with Gasteiger partial charge in [-0.15, -0.1) is 0 Å². The second-order valence-electron chi connectivity index (χ2n) is 9.26. The highest BCUT2D eigenvalue weighted by Gasteiger charge is 2.21. The Morgan fingerprint density at radius 1 is 1.18 bits per heavy atom. The van der Waals surface area contributed by atoms with E-state index < -0.39 is 5.97 Å². The molecule has 0 unspecified atom stereocenters. The van der Waals surface area contributed by atoms with E-state index in [1.54, 1.807) is 25.1 Å². The number of unbranched alkanes of at least 4 members (excludes halogenated alkanes) is 1. The molecule has 0 atom stereocenters. The van der Waals surface area contributed by atoms with Crippen molar-refractivity contribution in [2.45, 2.75) is 32.9 Å². The molecule has 2 aromatic carbocycles. The Morgan fingerprint density at radius 3 is 2.76 bits per heavy atom. The lowest BCUT2D eigenvalue weighted by Gasteiger charge is -2.22. The Morgan fingerprint density at radius 2 is 2.00 bits per heavy atom. The number of anilines is 1. The van der Waals surface area contributed by atoms with Crippen molar-refractivity contribution >= 4 is 17.6 Å². The van der Waals surface area contributed by atoms with Crippen LogP contribution in [0.3, 0.4) is 0 Å². The maximum absolute atomic E-state index is 12.3. The predicted octanol–water partition coefficient (Wildman–Crippen LogP) is 3.03. The molecule has 3 aromatic rings. The molecule has 9 heteroatoms. The largest absolute Gasteiger partial charge is 0.487 e. The third-order valence-electron chi connectivity index (χ3n) is 5.99. The van der Waals surface area contributed by atoms with Crippen LogP contribution < -0.4 is 9.64 Å². The minimum Gasteiger partial charge on any atom is -0.487 e. The van der Waals surface area contributed by atoms with E-state index in [2.05, 4.69) is 11.8 Å². The topological polar surface area (TPSA) is 97.1 Å². The maximum Gasteiger partial charge on any atom is 0.321 e. The van der Waals surface area contributed by atoms with Gasteiger partial charge in [0.25, 0.3) is 0 Å². The number of nitrogens with zero attached hydrogens (tertiary/aromatic N) is 4. The Kier molecular flexibility index (Phi) is 8.79. The molecule has 0 saturated carbocycles. The molecule has 1 aliphatic heterocycles. The Bertz CT molecular complexity index is 1370. The van der Waals surface area contributed by atoms with Gasteiger partial charge in [0.05, 0.1) is 30.2 Å². The first-order chi connectivity index (χ1) is 18.4. The zero-order valence-electron chi connectivity index (χ0n) is 21.9. The van der Waals surface area contributed by atoms with Gasteiger partial charge in [0.2, 0.25) is 5.91 Å². The lowest BCUT2D eigenvalue weighted by molar-refractivity contribution is -0.144. The molecule has 1 N–H and O–H groups in total. The second-order valence-corrected chi connectivity index (χ2v) is 9.26. The van der Waals surface area contributed by atoms with E-state index in [1.165, 1.54) is 11.8 Å². The van der Waals surface area contributed by atoms with E-state index in [9.17, 15) is 9.59 Å². The fourth-order valence-electron chi connectivity index (χ4n) is 4.06.